The van der Waals surface area contributed by atoms with E-state index in [9.17, 15) is 4.79 Å². The Morgan fingerprint density at radius 2 is 2.41 bits per heavy atom. The average molecular weight is 256 g/mol. The fourth-order valence-corrected chi connectivity index (χ4v) is 2.76. The smallest absolute Gasteiger partial charge is 0.233 e. The van der Waals surface area contributed by atoms with Crippen LogP contribution < -0.4 is 11.1 Å². The van der Waals surface area contributed by atoms with E-state index in [0.717, 1.165) is 25.8 Å². The van der Waals surface area contributed by atoms with Crippen LogP contribution in [0.15, 0.2) is 5.16 Å². The molecule has 1 aromatic heterocycles. The van der Waals surface area contributed by atoms with Crippen molar-refractivity contribution in [3.05, 3.63) is 0 Å². The number of tetrazole rings is 1. The second kappa shape index (κ2) is 5.97. The Hall–Kier alpha value is -1.15. The van der Waals surface area contributed by atoms with Gasteiger partial charge in [0.15, 0.2) is 0 Å². The summed E-state index contributed by atoms with van der Waals surface area (Å²) in [6.07, 6.45) is 2.96. The van der Waals surface area contributed by atoms with E-state index in [1.165, 1.54) is 11.8 Å². The predicted molar refractivity (Wildman–Crippen MR) is 63.4 cm³/mol. The third-order valence-corrected chi connectivity index (χ3v) is 3.81. The van der Waals surface area contributed by atoms with Crippen molar-refractivity contribution >= 4 is 17.7 Å². The van der Waals surface area contributed by atoms with Gasteiger partial charge in [-0.3, -0.25) is 4.79 Å². The molecule has 1 unspecified atom stereocenters. The quantitative estimate of drug-likeness (QED) is 0.746. The van der Waals surface area contributed by atoms with E-state index in [2.05, 4.69) is 20.8 Å². The maximum absolute atomic E-state index is 11.8. The summed E-state index contributed by atoms with van der Waals surface area (Å²) in [5.41, 5.74) is 5.47. The molecule has 2 rings (SSSR count). The number of carbonyl (C=O) groups is 1. The van der Waals surface area contributed by atoms with Gasteiger partial charge in [-0.05, 0) is 23.3 Å². The Morgan fingerprint density at radius 1 is 1.53 bits per heavy atom. The molecule has 0 aromatic carbocycles. The van der Waals surface area contributed by atoms with Gasteiger partial charge < -0.3 is 11.1 Å². The largest absolute Gasteiger partial charge is 0.355 e. The number of rotatable bonds is 4. The lowest BCUT2D eigenvalue weighted by atomic mass is 10.2. The van der Waals surface area contributed by atoms with Gasteiger partial charge in [-0.1, -0.05) is 18.2 Å². The van der Waals surface area contributed by atoms with Gasteiger partial charge in [-0.15, -0.1) is 5.10 Å². The lowest BCUT2D eigenvalue weighted by Gasteiger charge is -2.11. The van der Waals surface area contributed by atoms with Crippen LogP contribution in [0.3, 0.4) is 0 Å². The molecular weight excluding hydrogens is 240 g/mol. The van der Waals surface area contributed by atoms with Crippen LogP contribution >= 0.6 is 11.8 Å². The first kappa shape index (κ1) is 12.3. The van der Waals surface area contributed by atoms with E-state index < -0.39 is 0 Å². The average Bonchev–Trinajstić information content (AvgIpc) is 2.64. The first-order valence-electron chi connectivity index (χ1n) is 5.72. The number of thioether (sulfide) groups is 1. The van der Waals surface area contributed by atoms with Crippen LogP contribution in [0, 0.1) is 0 Å². The topological polar surface area (TPSA) is 98.7 Å². The summed E-state index contributed by atoms with van der Waals surface area (Å²) >= 11 is 1.42. The third-order valence-electron chi connectivity index (χ3n) is 2.57. The van der Waals surface area contributed by atoms with Gasteiger partial charge in [-0.2, -0.15) is 0 Å². The molecule has 0 bridgehead atoms. The van der Waals surface area contributed by atoms with Crippen LogP contribution in [-0.2, 0) is 11.3 Å². The van der Waals surface area contributed by atoms with Crippen LogP contribution in [0.4, 0.5) is 0 Å². The van der Waals surface area contributed by atoms with Crippen LogP contribution in [0.1, 0.15) is 19.3 Å². The highest BCUT2D eigenvalue weighted by atomic mass is 32.2. The summed E-state index contributed by atoms with van der Waals surface area (Å²) in [5, 5.41) is 14.8. The second-order valence-electron chi connectivity index (χ2n) is 3.87. The standard InChI is InChI=1S/C9H16N6OS/c10-4-6-15-9(12-13-14-15)17-7-3-1-2-5-11-8(7)16/h7H,1-6,10H2,(H,11,16). The molecule has 0 radical (unpaired) electrons. The highest BCUT2D eigenvalue weighted by Gasteiger charge is 2.24. The van der Waals surface area contributed by atoms with E-state index >= 15 is 0 Å². The highest BCUT2D eigenvalue weighted by Crippen LogP contribution is 2.25. The molecule has 0 spiro atoms. The Morgan fingerprint density at radius 3 is 3.24 bits per heavy atom. The maximum Gasteiger partial charge on any atom is 0.233 e. The summed E-state index contributed by atoms with van der Waals surface area (Å²) in [4.78, 5) is 11.8. The molecule has 2 heterocycles. The second-order valence-corrected chi connectivity index (χ2v) is 5.04. The number of nitrogens with zero attached hydrogens (tertiary/aromatic N) is 4. The normalized spacial score (nSPS) is 21.0. The zero-order valence-electron chi connectivity index (χ0n) is 9.50. The Labute approximate surface area is 104 Å². The number of hydrogen-bond donors (Lipinski definition) is 2. The minimum Gasteiger partial charge on any atom is -0.355 e. The molecule has 1 aliphatic rings. The molecule has 1 saturated heterocycles. The number of nitrogens with two attached hydrogens (primary N) is 1. The molecule has 1 amide bonds. The van der Waals surface area contributed by atoms with Crippen molar-refractivity contribution in [2.24, 2.45) is 5.73 Å². The molecular formula is C9H16N6OS. The number of hydrogen-bond acceptors (Lipinski definition) is 6. The molecule has 1 aliphatic heterocycles. The van der Waals surface area contributed by atoms with E-state index in [1.807, 2.05) is 0 Å². The van der Waals surface area contributed by atoms with Gasteiger partial charge in [0.2, 0.25) is 11.1 Å². The van der Waals surface area contributed by atoms with E-state index in [4.69, 9.17) is 5.73 Å². The van der Waals surface area contributed by atoms with E-state index in [-0.39, 0.29) is 11.2 Å². The minimum atomic E-state index is -0.0972. The lowest BCUT2D eigenvalue weighted by molar-refractivity contribution is -0.120. The minimum absolute atomic E-state index is 0.0785. The fourth-order valence-electron chi connectivity index (χ4n) is 1.69. The monoisotopic (exact) mass is 256 g/mol. The van der Waals surface area contributed by atoms with Crippen molar-refractivity contribution in [3.8, 4) is 0 Å². The summed E-state index contributed by atoms with van der Waals surface area (Å²) in [6.45, 7) is 1.82. The summed E-state index contributed by atoms with van der Waals surface area (Å²) in [6, 6.07) is 0. The predicted octanol–water partition coefficient (Wildman–Crippen LogP) is -0.607. The Bertz CT molecular complexity index is 381. The zero-order valence-corrected chi connectivity index (χ0v) is 10.3. The molecule has 94 valence electrons. The van der Waals surface area contributed by atoms with Gasteiger partial charge in [-0.25, -0.2) is 4.68 Å². The zero-order chi connectivity index (χ0) is 12.1. The maximum atomic E-state index is 11.8. The number of aromatic nitrogens is 4. The molecule has 0 saturated carbocycles. The van der Waals surface area contributed by atoms with Gasteiger partial charge in [0.1, 0.15) is 0 Å². The van der Waals surface area contributed by atoms with Gasteiger partial charge in [0.25, 0.3) is 0 Å². The van der Waals surface area contributed by atoms with Crippen molar-refractivity contribution < 1.29 is 4.79 Å². The van der Waals surface area contributed by atoms with Crippen LogP contribution in [-0.4, -0.2) is 44.5 Å². The number of amides is 1. The first-order chi connectivity index (χ1) is 8.31. The number of nitrogens with one attached hydrogen (secondary N) is 1. The molecule has 7 nitrogen and oxygen atoms in total. The van der Waals surface area contributed by atoms with E-state index in [0.29, 0.717) is 18.2 Å². The van der Waals surface area contributed by atoms with Crippen molar-refractivity contribution in [3.63, 3.8) is 0 Å². The van der Waals surface area contributed by atoms with Crippen molar-refractivity contribution in [2.75, 3.05) is 13.1 Å². The molecule has 8 heteroatoms. The Balaban J connectivity index is 2.02. The third kappa shape index (κ3) is 3.16. The van der Waals surface area contributed by atoms with Gasteiger partial charge >= 0.3 is 0 Å². The summed E-state index contributed by atoms with van der Waals surface area (Å²) < 4.78 is 1.64. The van der Waals surface area contributed by atoms with Crippen LogP contribution in [0.25, 0.3) is 0 Å². The van der Waals surface area contributed by atoms with Crippen molar-refractivity contribution in [1.82, 2.24) is 25.5 Å². The van der Waals surface area contributed by atoms with Crippen LogP contribution in [0.5, 0.6) is 0 Å². The Kier molecular flexibility index (Phi) is 4.32. The SMILES string of the molecule is NCCn1nnnc1SC1CCCCNC1=O. The van der Waals surface area contributed by atoms with Gasteiger partial charge in [0, 0.05) is 13.1 Å². The highest BCUT2D eigenvalue weighted by molar-refractivity contribution is 8.00. The number of carbonyl (C=O) groups excluding carboxylic acids is 1. The molecule has 17 heavy (non-hydrogen) atoms. The van der Waals surface area contributed by atoms with E-state index in [1.54, 1.807) is 4.68 Å². The molecule has 0 aliphatic carbocycles. The van der Waals surface area contributed by atoms with Crippen LogP contribution in [0.2, 0.25) is 0 Å². The molecule has 1 atom stereocenters. The summed E-state index contributed by atoms with van der Waals surface area (Å²) in [7, 11) is 0. The molecule has 1 fully saturated rings. The fraction of sp³-hybridized carbons (Fsp3) is 0.778. The van der Waals surface area contributed by atoms with Gasteiger partial charge in [0.05, 0.1) is 11.8 Å². The van der Waals surface area contributed by atoms with Crippen molar-refractivity contribution in [1.29, 1.82) is 0 Å². The van der Waals surface area contributed by atoms with Crippen molar-refractivity contribution in [2.45, 2.75) is 36.2 Å². The first-order valence-corrected chi connectivity index (χ1v) is 6.60. The lowest BCUT2D eigenvalue weighted by Crippen LogP contribution is -2.31. The molecule has 3 N–H and O–H groups in total. The molecule has 1 aromatic rings. The summed E-state index contributed by atoms with van der Waals surface area (Å²) in [5.74, 6) is 0.0785.